The number of hydrogen-bond donors (Lipinski definition) is 2. The third-order valence-corrected chi connectivity index (χ3v) is 5.71. The molecule has 30 heavy (non-hydrogen) atoms. The van der Waals surface area contributed by atoms with Crippen LogP contribution in [0.5, 0.6) is 0 Å². The van der Waals surface area contributed by atoms with Gasteiger partial charge < -0.3 is 15.5 Å². The van der Waals surface area contributed by atoms with E-state index in [1.807, 2.05) is 45.9 Å². The van der Waals surface area contributed by atoms with Crippen LogP contribution in [0, 0.1) is 11.3 Å². The van der Waals surface area contributed by atoms with Crippen LogP contribution in [0.15, 0.2) is 30.3 Å². The number of nitrogens with zero attached hydrogens (tertiary/aromatic N) is 1. The highest BCUT2D eigenvalue weighted by Crippen LogP contribution is 2.23. The molecule has 1 rings (SSSR count). The van der Waals surface area contributed by atoms with Crippen LogP contribution in [-0.2, 0) is 20.8 Å². The zero-order chi connectivity index (χ0) is 22.7. The second-order valence-corrected chi connectivity index (χ2v) is 9.12. The lowest BCUT2D eigenvalue weighted by molar-refractivity contribution is -0.135. The molecule has 0 bridgehead atoms. The van der Waals surface area contributed by atoms with Crippen LogP contribution in [0.2, 0.25) is 0 Å². The largest absolute Gasteiger partial charge is 0.357 e. The van der Waals surface area contributed by atoms with Gasteiger partial charge in [-0.1, -0.05) is 63.9 Å². The van der Waals surface area contributed by atoms with Gasteiger partial charge in [0.15, 0.2) is 0 Å². The van der Waals surface area contributed by atoms with Crippen molar-refractivity contribution in [1.29, 1.82) is 0 Å². The highest BCUT2D eigenvalue weighted by molar-refractivity contribution is 5.89. The normalized spacial score (nSPS) is 14.3. The summed E-state index contributed by atoms with van der Waals surface area (Å²) in [5, 5.41) is 5.58. The maximum Gasteiger partial charge on any atom is 0.242 e. The Morgan fingerprint density at radius 3 is 2.23 bits per heavy atom. The van der Waals surface area contributed by atoms with Crippen molar-refractivity contribution in [2.45, 2.75) is 71.9 Å². The molecule has 0 saturated heterocycles. The first kappa shape index (κ1) is 25.7. The number of rotatable bonds is 12. The maximum absolute atomic E-state index is 13.1. The summed E-state index contributed by atoms with van der Waals surface area (Å²) in [6.45, 7) is 7.65. The molecule has 0 heterocycles. The van der Waals surface area contributed by atoms with Gasteiger partial charge in [0, 0.05) is 20.1 Å². The van der Waals surface area contributed by atoms with E-state index in [0.717, 1.165) is 32.1 Å². The van der Waals surface area contributed by atoms with E-state index in [0.29, 0.717) is 6.42 Å². The highest BCUT2D eigenvalue weighted by Gasteiger charge is 2.35. The van der Waals surface area contributed by atoms with E-state index >= 15 is 0 Å². The van der Waals surface area contributed by atoms with Crippen molar-refractivity contribution in [1.82, 2.24) is 15.5 Å². The average Bonchev–Trinajstić information content (AvgIpc) is 2.72. The second kappa shape index (κ2) is 12.4. The van der Waals surface area contributed by atoms with Gasteiger partial charge in [-0.25, -0.2) is 0 Å². The molecule has 0 aliphatic carbocycles. The summed E-state index contributed by atoms with van der Waals surface area (Å²) >= 11 is 0. The Balaban J connectivity index is 2.75. The van der Waals surface area contributed by atoms with E-state index < -0.39 is 11.5 Å². The monoisotopic (exact) mass is 417 g/mol. The molecule has 1 aromatic rings. The van der Waals surface area contributed by atoms with E-state index in [1.165, 1.54) is 10.5 Å². The molecular weight excluding hydrogens is 378 g/mol. The molecule has 168 valence electrons. The van der Waals surface area contributed by atoms with Crippen molar-refractivity contribution in [2.24, 2.45) is 11.3 Å². The minimum atomic E-state index is -0.635. The fourth-order valence-electron chi connectivity index (χ4n) is 3.55. The zero-order valence-electron chi connectivity index (χ0n) is 19.4. The predicted octanol–water partition coefficient (Wildman–Crippen LogP) is 3.16. The van der Waals surface area contributed by atoms with Gasteiger partial charge in [0.2, 0.25) is 18.2 Å². The molecule has 0 spiro atoms. The molecule has 0 aromatic heterocycles. The van der Waals surface area contributed by atoms with Crippen LogP contribution >= 0.6 is 0 Å². The van der Waals surface area contributed by atoms with Crippen LogP contribution in [0.3, 0.4) is 0 Å². The van der Waals surface area contributed by atoms with Gasteiger partial charge in [0.05, 0.1) is 5.92 Å². The standard InChI is InChI=1S/C24H39N3O3/c1-18(27(6)17-28)20(16-12-8-11-15-19-13-9-7-10-14-19)22(29)26-21(23(30)25-5)24(2,3)4/h7,9-10,13-14,17-18,20-21H,8,11-12,15-16H2,1-6H3,(H,25,30)(H,26,29)/t18-,20+,21+/m0/s1. The van der Waals surface area contributed by atoms with E-state index in [1.54, 1.807) is 14.1 Å². The smallest absolute Gasteiger partial charge is 0.242 e. The molecule has 0 fully saturated rings. The molecule has 0 radical (unpaired) electrons. The quantitative estimate of drug-likeness (QED) is 0.405. The molecule has 3 atom stereocenters. The number of aryl methyl sites for hydroxylation is 1. The van der Waals surface area contributed by atoms with Crippen molar-refractivity contribution in [3.8, 4) is 0 Å². The fourth-order valence-corrected chi connectivity index (χ4v) is 3.55. The molecule has 0 unspecified atom stereocenters. The second-order valence-electron chi connectivity index (χ2n) is 9.12. The number of likely N-dealkylation sites (N-methyl/N-ethyl adjacent to an activating group) is 1. The molecule has 1 aromatic carbocycles. The summed E-state index contributed by atoms with van der Waals surface area (Å²) in [6, 6.07) is 9.48. The molecule has 0 aliphatic heterocycles. The van der Waals surface area contributed by atoms with E-state index in [4.69, 9.17) is 0 Å². The number of nitrogens with one attached hydrogen (secondary N) is 2. The predicted molar refractivity (Wildman–Crippen MR) is 121 cm³/mol. The van der Waals surface area contributed by atoms with E-state index in [9.17, 15) is 14.4 Å². The van der Waals surface area contributed by atoms with Crippen molar-refractivity contribution in [2.75, 3.05) is 14.1 Å². The SMILES string of the molecule is CNC(=O)[C@@H](NC(=O)[C@H](CCCCCc1ccccc1)[C@H](C)N(C)C=O)C(C)(C)C. The van der Waals surface area contributed by atoms with Gasteiger partial charge >= 0.3 is 0 Å². The molecule has 2 N–H and O–H groups in total. The highest BCUT2D eigenvalue weighted by atomic mass is 16.2. The number of carbonyl (C=O) groups is 3. The van der Waals surface area contributed by atoms with E-state index in [-0.39, 0.29) is 23.8 Å². The summed E-state index contributed by atoms with van der Waals surface area (Å²) in [6.07, 6.45) is 5.39. The van der Waals surface area contributed by atoms with Gasteiger partial charge in [0.1, 0.15) is 6.04 Å². The first-order chi connectivity index (χ1) is 14.1. The Hall–Kier alpha value is -2.37. The first-order valence-electron chi connectivity index (χ1n) is 10.8. The van der Waals surface area contributed by atoms with Crippen molar-refractivity contribution >= 4 is 18.2 Å². The Bertz CT molecular complexity index is 670. The Kier molecular flexibility index (Phi) is 10.6. The summed E-state index contributed by atoms with van der Waals surface area (Å²) in [4.78, 5) is 38.3. The summed E-state index contributed by atoms with van der Waals surface area (Å²) < 4.78 is 0. The van der Waals surface area contributed by atoms with Crippen LogP contribution < -0.4 is 10.6 Å². The third-order valence-electron chi connectivity index (χ3n) is 5.71. The van der Waals surface area contributed by atoms with Gasteiger partial charge in [-0.3, -0.25) is 14.4 Å². The van der Waals surface area contributed by atoms with Gasteiger partial charge in [0.25, 0.3) is 0 Å². The molecular formula is C24H39N3O3. The van der Waals surface area contributed by atoms with Crippen molar-refractivity contribution < 1.29 is 14.4 Å². The summed E-state index contributed by atoms with van der Waals surface area (Å²) in [5.41, 5.74) is 0.898. The Morgan fingerprint density at radius 2 is 1.70 bits per heavy atom. The Labute approximate surface area is 181 Å². The lowest BCUT2D eigenvalue weighted by Crippen LogP contribution is -2.56. The maximum atomic E-state index is 13.1. The fraction of sp³-hybridized carbons (Fsp3) is 0.625. The van der Waals surface area contributed by atoms with Crippen LogP contribution in [-0.4, -0.2) is 49.3 Å². The molecule has 3 amide bonds. The summed E-state index contributed by atoms with van der Waals surface area (Å²) in [7, 11) is 3.26. The van der Waals surface area contributed by atoms with Gasteiger partial charge in [-0.05, 0) is 37.2 Å². The number of hydrogen-bond acceptors (Lipinski definition) is 3. The van der Waals surface area contributed by atoms with Crippen molar-refractivity contribution in [3.05, 3.63) is 35.9 Å². The number of benzene rings is 1. The third kappa shape index (κ3) is 8.17. The van der Waals surface area contributed by atoms with Gasteiger partial charge in [-0.15, -0.1) is 0 Å². The van der Waals surface area contributed by atoms with Crippen LogP contribution in [0.4, 0.5) is 0 Å². The van der Waals surface area contributed by atoms with Crippen molar-refractivity contribution in [3.63, 3.8) is 0 Å². The molecule has 0 saturated carbocycles. The van der Waals surface area contributed by atoms with E-state index in [2.05, 4.69) is 22.8 Å². The topological polar surface area (TPSA) is 78.5 Å². The average molecular weight is 418 g/mol. The minimum Gasteiger partial charge on any atom is -0.357 e. The Morgan fingerprint density at radius 1 is 1.07 bits per heavy atom. The number of unbranched alkanes of at least 4 members (excludes halogenated alkanes) is 2. The lowest BCUT2D eigenvalue weighted by Gasteiger charge is -2.34. The first-order valence-corrected chi connectivity index (χ1v) is 10.8. The van der Waals surface area contributed by atoms with Crippen LogP contribution in [0.1, 0.15) is 58.9 Å². The van der Waals surface area contributed by atoms with Crippen LogP contribution in [0.25, 0.3) is 0 Å². The molecule has 6 heteroatoms. The minimum absolute atomic E-state index is 0.178. The lowest BCUT2D eigenvalue weighted by atomic mass is 9.84. The molecule has 6 nitrogen and oxygen atoms in total. The number of carbonyl (C=O) groups excluding carboxylic acids is 3. The van der Waals surface area contributed by atoms with Gasteiger partial charge in [-0.2, -0.15) is 0 Å². The summed E-state index contributed by atoms with van der Waals surface area (Å²) in [5.74, 6) is -0.761. The zero-order valence-corrected chi connectivity index (χ0v) is 19.4. The number of amides is 3. The molecule has 0 aliphatic rings.